The van der Waals surface area contributed by atoms with Crippen molar-refractivity contribution in [3.05, 3.63) is 0 Å². The van der Waals surface area contributed by atoms with Gasteiger partial charge in [0.2, 0.25) is 0 Å². The first-order chi connectivity index (χ1) is 6.22. The summed E-state index contributed by atoms with van der Waals surface area (Å²) in [4.78, 5) is 0. The molecule has 0 aromatic rings. The van der Waals surface area contributed by atoms with Crippen molar-refractivity contribution >= 4 is 11.8 Å². The third-order valence-corrected chi connectivity index (χ3v) is 4.00. The van der Waals surface area contributed by atoms with E-state index >= 15 is 0 Å². The van der Waals surface area contributed by atoms with E-state index in [1.807, 2.05) is 11.8 Å². The van der Waals surface area contributed by atoms with Crippen LogP contribution in [0.2, 0.25) is 0 Å². The number of rotatable bonds is 5. The smallest absolute Gasteiger partial charge is 0.0443 e. The molecule has 2 unspecified atom stereocenters. The van der Waals surface area contributed by atoms with Gasteiger partial charge < -0.3 is 16.2 Å². The molecule has 1 aliphatic heterocycles. The molecule has 1 heterocycles. The summed E-state index contributed by atoms with van der Waals surface area (Å²) in [7, 11) is 0. The zero-order valence-electron chi connectivity index (χ0n) is 8.25. The van der Waals surface area contributed by atoms with Gasteiger partial charge in [0.05, 0.1) is 0 Å². The highest BCUT2D eigenvalue weighted by molar-refractivity contribution is 8.00. The van der Waals surface area contributed by atoms with Crippen molar-refractivity contribution in [3.8, 4) is 0 Å². The quantitative estimate of drug-likeness (QED) is 0.559. The van der Waals surface area contributed by atoms with Crippen LogP contribution in [-0.2, 0) is 0 Å². The minimum Gasteiger partial charge on any atom is -0.396 e. The fraction of sp³-hybridized carbons (Fsp3) is 1.00. The first-order valence-electron chi connectivity index (χ1n) is 4.90. The monoisotopic (exact) mass is 204 g/mol. The molecule has 0 spiro atoms. The van der Waals surface area contributed by atoms with Crippen LogP contribution in [-0.4, -0.2) is 41.3 Å². The van der Waals surface area contributed by atoms with E-state index in [0.29, 0.717) is 11.8 Å². The van der Waals surface area contributed by atoms with Crippen molar-refractivity contribution in [3.63, 3.8) is 0 Å². The first kappa shape index (κ1) is 11.3. The second kappa shape index (κ2) is 5.20. The maximum absolute atomic E-state index is 8.67. The van der Waals surface area contributed by atoms with Crippen LogP contribution in [0.3, 0.4) is 0 Å². The van der Waals surface area contributed by atoms with Gasteiger partial charge in [-0.05, 0) is 19.4 Å². The van der Waals surface area contributed by atoms with E-state index < -0.39 is 0 Å². The summed E-state index contributed by atoms with van der Waals surface area (Å²) in [5, 5.41) is 12.9. The molecule has 0 saturated carbocycles. The maximum atomic E-state index is 8.67. The SMILES string of the molecule is CC1CC(CN)(NCCCO)CS1. The molecule has 1 rings (SSSR count). The van der Waals surface area contributed by atoms with E-state index in [0.717, 1.165) is 25.1 Å². The summed E-state index contributed by atoms with van der Waals surface area (Å²) >= 11 is 1.98. The molecule has 0 aromatic carbocycles. The highest BCUT2D eigenvalue weighted by atomic mass is 32.2. The maximum Gasteiger partial charge on any atom is 0.0443 e. The molecule has 3 nitrogen and oxygen atoms in total. The summed E-state index contributed by atoms with van der Waals surface area (Å²) in [5.74, 6) is 1.11. The Morgan fingerprint density at radius 3 is 2.92 bits per heavy atom. The fourth-order valence-corrected chi connectivity index (χ4v) is 3.12. The van der Waals surface area contributed by atoms with Crippen LogP contribution in [0.15, 0.2) is 0 Å². The molecule has 1 saturated heterocycles. The third-order valence-electron chi connectivity index (χ3n) is 2.55. The van der Waals surface area contributed by atoms with Crippen molar-refractivity contribution in [2.45, 2.75) is 30.6 Å². The lowest BCUT2D eigenvalue weighted by molar-refractivity contribution is 0.272. The zero-order chi connectivity index (χ0) is 9.73. The lowest BCUT2D eigenvalue weighted by Gasteiger charge is -2.28. The standard InChI is InChI=1S/C9H20N2OS/c1-8-5-9(6-10,7-13-8)11-3-2-4-12/h8,11-12H,2-7,10H2,1H3. The number of hydrogen-bond donors (Lipinski definition) is 3. The molecule has 0 aromatic heterocycles. The molecule has 0 bridgehead atoms. The molecule has 0 aliphatic carbocycles. The van der Waals surface area contributed by atoms with Crippen LogP contribution in [0.1, 0.15) is 19.8 Å². The van der Waals surface area contributed by atoms with Crippen molar-refractivity contribution in [1.29, 1.82) is 0 Å². The Balaban J connectivity index is 2.32. The van der Waals surface area contributed by atoms with Gasteiger partial charge in [-0.25, -0.2) is 0 Å². The fourth-order valence-electron chi connectivity index (χ4n) is 1.74. The van der Waals surface area contributed by atoms with Crippen LogP contribution in [0, 0.1) is 0 Å². The van der Waals surface area contributed by atoms with Gasteiger partial charge in [-0.2, -0.15) is 11.8 Å². The number of nitrogens with two attached hydrogens (primary N) is 1. The Kier molecular flexibility index (Phi) is 4.52. The molecule has 1 fully saturated rings. The molecule has 78 valence electrons. The summed E-state index contributed by atoms with van der Waals surface area (Å²) < 4.78 is 0. The van der Waals surface area contributed by atoms with Crippen molar-refractivity contribution in [1.82, 2.24) is 5.32 Å². The van der Waals surface area contributed by atoms with Crippen LogP contribution in [0.5, 0.6) is 0 Å². The molecule has 0 amide bonds. The van der Waals surface area contributed by atoms with Gasteiger partial charge in [-0.3, -0.25) is 0 Å². The third kappa shape index (κ3) is 3.13. The Morgan fingerprint density at radius 2 is 2.46 bits per heavy atom. The molecular weight excluding hydrogens is 184 g/mol. The summed E-state index contributed by atoms with van der Waals surface area (Å²) in [5.41, 5.74) is 5.91. The van der Waals surface area contributed by atoms with Crippen LogP contribution < -0.4 is 11.1 Å². The van der Waals surface area contributed by atoms with Crippen LogP contribution in [0.25, 0.3) is 0 Å². The normalized spacial score (nSPS) is 33.9. The topological polar surface area (TPSA) is 58.3 Å². The van der Waals surface area contributed by atoms with E-state index in [-0.39, 0.29) is 12.1 Å². The van der Waals surface area contributed by atoms with Gasteiger partial charge in [0.1, 0.15) is 0 Å². The second-order valence-corrected chi connectivity index (χ2v) is 5.24. The number of nitrogens with one attached hydrogen (secondary N) is 1. The predicted molar refractivity (Wildman–Crippen MR) is 58.0 cm³/mol. The van der Waals surface area contributed by atoms with Gasteiger partial charge in [0, 0.05) is 29.7 Å². The van der Waals surface area contributed by atoms with E-state index in [1.165, 1.54) is 0 Å². The molecule has 0 radical (unpaired) electrons. The van der Waals surface area contributed by atoms with Gasteiger partial charge in [-0.15, -0.1) is 0 Å². The van der Waals surface area contributed by atoms with E-state index in [1.54, 1.807) is 0 Å². The lowest BCUT2D eigenvalue weighted by atomic mass is 9.96. The summed E-state index contributed by atoms with van der Waals surface area (Å²) in [6, 6.07) is 0. The van der Waals surface area contributed by atoms with Gasteiger partial charge in [0.25, 0.3) is 0 Å². The molecule has 2 atom stereocenters. The van der Waals surface area contributed by atoms with E-state index in [4.69, 9.17) is 10.8 Å². The van der Waals surface area contributed by atoms with Crippen LogP contribution in [0.4, 0.5) is 0 Å². The number of hydrogen-bond acceptors (Lipinski definition) is 4. The minimum atomic E-state index is 0.138. The van der Waals surface area contributed by atoms with Crippen molar-refractivity contribution in [2.75, 3.05) is 25.4 Å². The van der Waals surface area contributed by atoms with Gasteiger partial charge >= 0.3 is 0 Å². The minimum absolute atomic E-state index is 0.138. The van der Waals surface area contributed by atoms with Crippen molar-refractivity contribution in [2.24, 2.45) is 5.73 Å². The van der Waals surface area contributed by atoms with E-state index in [2.05, 4.69) is 12.2 Å². The van der Waals surface area contributed by atoms with E-state index in [9.17, 15) is 0 Å². The average Bonchev–Trinajstić information content (AvgIpc) is 2.49. The second-order valence-electron chi connectivity index (χ2n) is 3.81. The van der Waals surface area contributed by atoms with Gasteiger partial charge in [0.15, 0.2) is 0 Å². The number of thioether (sulfide) groups is 1. The molecule has 13 heavy (non-hydrogen) atoms. The molecule has 1 aliphatic rings. The Labute approximate surface area is 84.5 Å². The zero-order valence-corrected chi connectivity index (χ0v) is 9.07. The predicted octanol–water partition coefficient (Wildman–Crippen LogP) is 0.181. The van der Waals surface area contributed by atoms with Crippen LogP contribution >= 0.6 is 11.8 Å². The highest BCUT2D eigenvalue weighted by Crippen LogP contribution is 2.33. The summed E-state index contributed by atoms with van der Waals surface area (Å²) in [6.07, 6.45) is 1.97. The average molecular weight is 204 g/mol. The number of aliphatic hydroxyl groups is 1. The summed E-state index contributed by atoms with van der Waals surface area (Å²) in [6.45, 7) is 4.09. The Bertz CT molecular complexity index is 157. The highest BCUT2D eigenvalue weighted by Gasteiger charge is 2.35. The lowest BCUT2D eigenvalue weighted by Crippen LogP contribution is -2.52. The Hall–Kier alpha value is 0.230. The molecule has 4 heteroatoms. The largest absolute Gasteiger partial charge is 0.396 e. The first-order valence-corrected chi connectivity index (χ1v) is 5.95. The van der Waals surface area contributed by atoms with Crippen molar-refractivity contribution < 1.29 is 5.11 Å². The molecular formula is C9H20N2OS. The Morgan fingerprint density at radius 1 is 1.69 bits per heavy atom. The molecule has 4 N–H and O–H groups in total. The number of aliphatic hydroxyl groups excluding tert-OH is 1. The van der Waals surface area contributed by atoms with Gasteiger partial charge in [-0.1, -0.05) is 6.92 Å².